The first-order valence-electron chi connectivity index (χ1n) is 5.20. The van der Waals surface area contributed by atoms with E-state index in [9.17, 15) is 9.59 Å². The molecule has 0 aliphatic carbocycles. The Morgan fingerprint density at radius 1 is 1.33 bits per heavy atom. The molecule has 1 aromatic rings. The number of anilines is 1. The zero-order valence-corrected chi connectivity index (χ0v) is 8.49. The quantitative estimate of drug-likeness (QED) is 0.597. The van der Waals surface area contributed by atoms with Gasteiger partial charge in [-0.25, -0.2) is 0 Å². The molecule has 3 nitrogen and oxygen atoms in total. The lowest BCUT2D eigenvalue weighted by atomic mass is 9.96. The van der Waals surface area contributed by atoms with Gasteiger partial charge in [-0.3, -0.25) is 9.59 Å². The zero-order chi connectivity index (χ0) is 10.6. The smallest absolute Gasteiger partial charge is 0.299 e. The Morgan fingerprint density at radius 3 is 2.93 bits per heavy atom. The molecular formula is C12H11NO2. The predicted octanol–water partition coefficient (Wildman–Crippen LogP) is 1.55. The third kappa shape index (κ3) is 0.950. The largest absolute Gasteiger partial charge is 0.302 e. The first kappa shape index (κ1) is 8.65. The van der Waals surface area contributed by atoms with Crippen LogP contribution in [0.2, 0.25) is 0 Å². The number of Topliss-reactive ketones (excluding diaryl/α,β-unsaturated/α-hetero) is 1. The average molecular weight is 201 g/mol. The molecule has 1 unspecified atom stereocenters. The lowest BCUT2D eigenvalue weighted by Gasteiger charge is -2.31. The summed E-state index contributed by atoms with van der Waals surface area (Å²) >= 11 is 0. The van der Waals surface area contributed by atoms with E-state index >= 15 is 0 Å². The number of aryl methyl sites for hydroxylation is 1. The molecule has 15 heavy (non-hydrogen) atoms. The standard InChI is InChI=1S/C12H11NO2/c1-7-5-6-8-3-2-4-9-10(8)13(7)12(15)11(9)14/h2-4,7H,5-6H2,1H3. The van der Waals surface area contributed by atoms with Crippen LogP contribution >= 0.6 is 0 Å². The maximum absolute atomic E-state index is 11.8. The van der Waals surface area contributed by atoms with Gasteiger partial charge in [-0.05, 0) is 31.4 Å². The molecule has 1 atom stereocenters. The highest BCUT2D eigenvalue weighted by Gasteiger charge is 2.41. The first-order chi connectivity index (χ1) is 7.20. The number of amides is 1. The van der Waals surface area contributed by atoms with Crippen molar-refractivity contribution < 1.29 is 9.59 Å². The van der Waals surface area contributed by atoms with E-state index in [4.69, 9.17) is 0 Å². The summed E-state index contributed by atoms with van der Waals surface area (Å²) in [7, 11) is 0. The van der Waals surface area contributed by atoms with Gasteiger partial charge < -0.3 is 4.90 Å². The van der Waals surface area contributed by atoms with Crippen LogP contribution in [0.15, 0.2) is 18.2 Å². The number of carbonyl (C=O) groups excluding carboxylic acids is 2. The number of benzene rings is 1. The van der Waals surface area contributed by atoms with Crippen LogP contribution in [0.5, 0.6) is 0 Å². The normalized spacial score (nSPS) is 23.3. The highest BCUT2D eigenvalue weighted by atomic mass is 16.2. The topological polar surface area (TPSA) is 37.4 Å². The molecule has 2 aliphatic rings. The Bertz CT molecular complexity index is 479. The molecule has 3 rings (SSSR count). The van der Waals surface area contributed by atoms with E-state index in [1.54, 1.807) is 11.0 Å². The van der Waals surface area contributed by atoms with E-state index < -0.39 is 0 Å². The van der Waals surface area contributed by atoms with Crippen LogP contribution in [0, 0.1) is 0 Å². The highest BCUT2D eigenvalue weighted by molar-refractivity contribution is 6.52. The summed E-state index contributed by atoms with van der Waals surface area (Å²) in [5.74, 6) is -0.703. The van der Waals surface area contributed by atoms with Gasteiger partial charge in [-0.15, -0.1) is 0 Å². The molecule has 1 aromatic carbocycles. The molecule has 0 saturated carbocycles. The molecule has 3 heteroatoms. The molecule has 2 heterocycles. The second-order valence-electron chi connectivity index (χ2n) is 4.21. The number of carbonyl (C=O) groups is 2. The Morgan fingerprint density at radius 2 is 2.13 bits per heavy atom. The number of nitrogens with zero attached hydrogens (tertiary/aromatic N) is 1. The van der Waals surface area contributed by atoms with Crippen molar-refractivity contribution in [3.05, 3.63) is 29.3 Å². The fraction of sp³-hybridized carbons (Fsp3) is 0.333. The third-order valence-corrected chi connectivity index (χ3v) is 3.29. The van der Waals surface area contributed by atoms with Crippen molar-refractivity contribution in [3.8, 4) is 0 Å². The van der Waals surface area contributed by atoms with E-state index in [0.717, 1.165) is 24.1 Å². The van der Waals surface area contributed by atoms with Gasteiger partial charge in [0.25, 0.3) is 11.7 Å². The summed E-state index contributed by atoms with van der Waals surface area (Å²) in [5.41, 5.74) is 2.58. The van der Waals surface area contributed by atoms with E-state index in [1.807, 2.05) is 19.1 Å². The molecule has 0 N–H and O–H groups in total. The lowest BCUT2D eigenvalue weighted by Crippen LogP contribution is -2.40. The van der Waals surface area contributed by atoms with Crippen molar-refractivity contribution >= 4 is 17.4 Å². The van der Waals surface area contributed by atoms with Crippen LogP contribution in [0.4, 0.5) is 5.69 Å². The summed E-state index contributed by atoms with van der Waals surface area (Å²) in [6.45, 7) is 2.00. The number of hydrogen-bond acceptors (Lipinski definition) is 2. The number of para-hydroxylation sites is 1. The van der Waals surface area contributed by atoms with E-state index in [2.05, 4.69) is 0 Å². The summed E-state index contributed by atoms with van der Waals surface area (Å²) in [4.78, 5) is 25.1. The van der Waals surface area contributed by atoms with E-state index in [1.165, 1.54) is 0 Å². The molecule has 2 aliphatic heterocycles. The highest BCUT2D eigenvalue weighted by Crippen LogP contribution is 2.38. The third-order valence-electron chi connectivity index (χ3n) is 3.29. The molecule has 0 spiro atoms. The van der Waals surface area contributed by atoms with Gasteiger partial charge in [0.15, 0.2) is 0 Å². The molecule has 0 aromatic heterocycles. The van der Waals surface area contributed by atoms with E-state index in [-0.39, 0.29) is 17.7 Å². The van der Waals surface area contributed by atoms with Gasteiger partial charge in [0, 0.05) is 6.04 Å². The van der Waals surface area contributed by atoms with Gasteiger partial charge >= 0.3 is 0 Å². The molecule has 76 valence electrons. The Labute approximate surface area is 87.7 Å². The predicted molar refractivity (Wildman–Crippen MR) is 56.0 cm³/mol. The van der Waals surface area contributed by atoms with Gasteiger partial charge in [0.2, 0.25) is 0 Å². The molecule has 0 radical (unpaired) electrons. The van der Waals surface area contributed by atoms with Crippen molar-refractivity contribution in [1.29, 1.82) is 0 Å². The minimum atomic E-state index is -0.357. The molecule has 1 amide bonds. The fourth-order valence-corrected chi connectivity index (χ4v) is 2.50. The molecule has 0 bridgehead atoms. The van der Waals surface area contributed by atoms with Gasteiger partial charge in [0.1, 0.15) is 0 Å². The zero-order valence-electron chi connectivity index (χ0n) is 8.49. The summed E-state index contributed by atoms with van der Waals surface area (Å²) in [5, 5.41) is 0. The van der Waals surface area contributed by atoms with Crippen LogP contribution in [0.3, 0.4) is 0 Å². The van der Waals surface area contributed by atoms with Crippen LogP contribution in [0.25, 0.3) is 0 Å². The molecule has 0 fully saturated rings. The van der Waals surface area contributed by atoms with Crippen LogP contribution in [-0.4, -0.2) is 17.7 Å². The van der Waals surface area contributed by atoms with E-state index in [0.29, 0.717) is 5.56 Å². The minimum absolute atomic E-state index is 0.151. The maximum atomic E-state index is 11.8. The van der Waals surface area contributed by atoms with Crippen molar-refractivity contribution in [2.24, 2.45) is 0 Å². The number of rotatable bonds is 0. The van der Waals surface area contributed by atoms with Crippen molar-refractivity contribution in [3.63, 3.8) is 0 Å². The fourth-order valence-electron chi connectivity index (χ4n) is 2.50. The first-order valence-corrected chi connectivity index (χ1v) is 5.20. The molecule has 0 saturated heterocycles. The van der Waals surface area contributed by atoms with Crippen LogP contribution in [0.1, 0.15) is 29.3 Å². The summed E-state index contributed by atoms with van der Waals surface area (Å²) < 4.78 is 0. The Kier molecular flexibility index (Phi) is 1.55. The maximum Gasteiger partial charge on any atom is 0.299 e. The monoisotopic (exact) mass is 201 g/mol. The second kappa shape index (κ2) is 2.69. The van der Waals surface area contributed by atoms with Crippen molar-refractivity contribution in [2.45, 2.75) is 25.8 Å². The molecular weight excluding hydrogens is 190 g/mol. The van der Waals surface area contributed by atoms with Gasteiger partial charge in [-0.1, -0.05) is 12.1 Å². The lowest BCUT2D eigenvalue weighted by molar-refractivity contribution is -0.114. The second-order valence-corrected chi connectivity index (χ2v) is 4.21. The summed E-state index contributed by atoms with van der Waals surface area (Å²) in [6, 6.07) is 5.76. The van der Waals surface area contributed by atoms with Crippen molar-refractivity contribution in [1.82, 2.24) is 0 Å². The average Bonchev–Trinajstić information content (AvgIpc) is 2.50. The number of ketones is 1. The van der Waals surface area contributed by atoms with Crippen molar-refractivity contribution in [2.75, 3.05) is 4.90 Å². The summed E-state index contributed by atoms with van der Waals surface area (Å²) in [6.07, 6.45) is 1.90. The Balaban J connectivity index is 2.31. The van der Waals surface area contributed by atoms with Gasteiger partial charge in [-0.2, -0.15) is 0 Å². The van der Waals surface area contributed by atoms with Crippen LogP contribution < -0.4 is 4.90 Å². The SMILES string of the molecule is CC1CCc2cccc3c2N1C(=O)C3=O. The Hall–Kier alpha value is -1.64. The van der Waals surface area contributed by atoms with Crippen LogP contribution in [-0.2, 0) is 11.2 Å². The van der Waals surface area contributed by atoms with Gasteiger partial charge in [0.05, 0.1) is 11.3 Å². The number of hydrogen-bond donors (Lipinski definition) is 0. The minimum Gasteiger partial charge on any atom is -0.302 e.